The Labute approximate surface area is 153 Å². The zero-order valence-electron chi connectivity index (χ0n) is 13.7. The molecule has 0 radical (unpaired) electrons. The quantitative estimate of drug-likeness (QED) is 0.537. The van der Waals surface area contributed by atoms with Crippen LogP contribution in [0.1, 0.15) is 10.4 Å². The van der Waals surface area contributed by atoms with Crippen molar-refractivity contribution < 1.29 is 9.18 Å². The maximum Gasteiger partial charge on any atom is 0.260 e. The molecule has 2 aromatic carbocycles. The third-order valence-corrected chi connectivity index (χ3v) is 4.99. The van der Waals surface area contributed by atoms with Crippen molar-refractivity contribution in [3.63, 3.8) is 0 Å². The van der Waals surface area contributed by atoms with Crippen molar-refractivity contribution >= 4 is 32.6 Å². The minimum Gasteiger partial charge on any atom is -0.282 e. The number of nitrogens with zero attached hydrogens (tertiary/aromatic N) is 4. The van der Waals surface area contributed by atoms with Crippen molar-refractivity contribution in [2.75, 3.05) is 11.4 Å². The molecule has 0 saturated heterocycles. The number of aromatic nitrogens is 3. The number of hydrogen-bond acceptors (Lipinski definition) is 4. The number of amides is 1. The third kappa shape index (κ3) is 3.34. The van der Waals surface area contributed by atoms with Gasteiger partial charge in [0.05, 0.1) is 16.8 Å². The van der Waals surface area contributed by atoms with Crippen LogP contribution in [0.25, 0.3) is 10.2 Å². The molecule has 0 saturated carbocycles. The number of rotatable bonds is 5. The van der Waals surface area contributed by atoms with Crippen molar-refractivity contribution in [2.24, 2.45) is 0 Å². The molecule has 0 aliphatic heterocycles. The normalized spacial score (nSPS) is 11.0. The average molecular weight is 366 g/mol. The van der Waals surface area contributed by atoms with Crippen LogP contribution in [0.5, 0.6) is 0 Å². The summed E-state index contributed by atoms with van der Waals surface area (Å²) in [5.41, 5.74) is 1.26. The van der Waals surface area contributed by atoms with E-state index in [1.807, 2.05) is 30.5 Å². The molecule has 0 unspecified atom stereocenters. The molecule has 0 aliphatic rings. The minimum atomic E-state index is -0.315. The first-order valence-corrected chi connectivity index (χ1v) is 8.93. The standard InChI is InChI=1S/C19H15FN4OS/c20-15-7-8-16-17(13-15)26-19(22-16)24(12-11-23-10-4-9-21-23)18(25)14-5-2-1-3-6-14/h1-10,13H,11-12H2. The lowest BCUT2D eigenvalue weighted by Crippen LogP contribution is -2.34. The Morgan fingerprint density at radius 1 is 1.15 bits per heavy atom. The molecule has 4 aromatic rings. The highest BCUT2D eigenvalue weighted by Gasteiger charge is 2.21. The van der Waals surface area contributed by atoms with Gasteiger partial charge in [-0.3, -0.25) is 14.4 Å². The summed E-state index contributed by atoms with van der Waals surface area (Å²) in [6.45, 7) is 0.952. The molecule has 0 spiro atoms. The first-order valence-electron chi connectivity index (χ1n) is 8.11. The Bertz CT molecular complexity index is 1030. The van der Waals surface area contributed by atoms with E-state index >= 15 is 0 Å². The fourth-order valence-corrected chi connectivity index (χ4v) is 3.67. The summed E-state index contributed by atoms with van der Waals surface area (Å²) in [6.07, 6.45) is 3.54. The molecular formula is C19H15FN4OS. The van der Waals surface area contributed by atoms with Crippen LogP contribution < -0.4 is 4.90 Å². The van der Waals surface area contributed by atoms with E-state index in [4.69, 9.17) is 0 Å². The summed E-state index contributed by atoms with van der Waals surface area (Å²) >= 11 is 1.30. The zero-order chi connectivity index (χ0) is 17.9. The molecule has 4 rings (SSSR count). The molecule has 5 nitrogen and oxygen atoms in total. The highest BCUT2D eigenvalue weighted by atomic mass is 32.1. The van der Waals surface area contributed by atoms with Crippen LogP contribution in [0.15, 0.2) is 67.0 Å². The van der Waals surface area contributed by atoms with Crippen LogP contribution >= 0.6 is 11.3 Å². The minimum absolute atomic E-state index is 0.141. The summed E-state index contributed by atoms with van der Waals surface area (Å²) < 4.78 is 16.0. The molecule has 0 bridgehead atoms. The van der Waals surface area contributed by atoms with Crippen LogP contribution in [0.2, 0.25) is 0 Å². The number of halogens is 1. The van der Waals surface area contributed by atoms with Crippen LogP contribution in [0.4, 0.5) is 9.52 Å². The molecule has 2 heterocycles. The molecule has 0 fully saturated rings. The van der Waals surface area contributed by atoms with Crippen molar-refractivity contribution in [3.8, 4) is 0 Å². The Morgan fingerprint density at radius 3 is 2.77 bits per heavy atom. The molecule has 0 N–H and O–H groups in total. The number of carbonyl (C=O) groups excluding carboxylic acids is 1. The lowest BCUT2D eigenvalue weighted by molar-refractivity contribution is 0.0986. The summed E-state index contributed by atoms with van der Waals surface area (Å²) in [5.74, 6) is -0.456. The van der Waals surface area contributed by atoms with Crippen LogP contribution in [0.3, 0.4) is 0 Å². The molecule has 26 heavy (non-hydrogen) atoms. The van der Waals surface area contributed by atoms with Crippen LogP contribution in [-0.2, 0) is 6.54 Å². The van der Waals surface area contributed by atoms with E-state index in [2.05, 4.69) is 10.1 Å². The number of carbonyl (C=O) groups is 1. The van der Waals surface area contributed by atoms with Gasteiger partial charge in [0.25, 0.3) is 5.91 Å². The lowest BCUT2D eigenvalue weighted by atomic mass is 10.2. The predicted octanol–water partition coefficient (Wildman–Crippen LogP) is 3.98. The van der Waals surface area contributed by atoms with Gasteiger partial charge in [0, 0.05) is 24.5 Å². The Balaban J connectivity index is 1.69. The monoisotopic (exact) mass is 366 g/mol. The third-order valence-electron chi connectivity index (χ3n) is 3.95. The number of thiazole rings is 1. The number of hydrogen-bond donors (Lipinski definition) is 0. The fourth-order valence-electron chi connectivity index (χ4n) is 2.66. The number of fused-ring (bicyclic) bond motifs is 1. The fraction of sp³-hybridized carbons (Fsp3) is 0.105. The van der Waals surface area contributed by atoms with Crippen molar-refractivity contribution in [2.45, 2.75) is 6.54 Å². The summed E-state index contributed by atoms with van der Waals surface area (Å²) in [6, 6.07) is 15.3. The van der Waals surface area contributed by atoms with E-state index < -0.39 is 0 Å². The maximum absolute atomic E-state index is 13.5. The van der Waals surface area contributed by atoms with Gasteiger partial charge in [0.15, 0.2) is 5.13 Å². The average Bonchev–Trinajstić information content (AvgIpc) is 3.31. The van der Waals surface area contributed by atoms with E-state index in [0.717, 1.165) is 0 Å². The van der Waals surface area contributed by atoms with E-state index in [0.29, 0.717) is 34.0 Å². The van der Waals surface area contributed by atoms with E-state index in [1.165, 1.54) is 23.5 Å². The Kier molecular flexibility index (Phi) is 4.45. The van der Waals surface area contributed by atoms with Crippen molar-refractivity contribution in [3.05, 3.63) is 78.4 Å². The SMILES string of the molecule is O=C(c1ccccc1)N(CCn1cccn1)c1nc2ccc(F)cc2s1. The largest absolute Gasteiger partial charge is 0.282 e. The van der Waals surface area contributed by atoms with Crippen molar-refractivity contribution in [1.82, 2.24) is 14.8 Å². The second-order valence-corrected chi connectivity index (χ2v) is 6.71. The summed E-state index contributed by atoms with van der Waals surface area (Å²) in [7, 11) is 0. The maximum atomic E-state index is 13.5. The van der Waals surface area contributed by atoms with Gasteiger partial charge in [-0.2, -0.15) is 5.10 Å². The molecule has 130 valence electrons. The zero-order valence-corrected chi connectivity index (χ0v) is 14.6. The first kappa shape index (κ1) is 16.4. The van der Waals surface area contributed by atoms with Gasteiger partial charge < -0.3 is 0 Å². The van der Waals surface area contributed by atoms with E-state index in [-0.39, 0.29) is 11.7 Å². The van der Waals surface area contributed by atoms with Crippen molar-refractivity contribution in [1.29, 1.82) is 0 Å². The summed E-state index contributed by atoms with van der Waals surface area (Å²) in [4.78, 5) is 19.2. The number of anilines is 1. The Hall–Kier alpha value is -3.06. The second kappa shape index (κ2) is 7.05. The highest BCUT2D eigenvalue weighted by molar-refractivity contribution is 7.22. The van der Waals surface area contributed by atoms with E-state index in [9.17, 15) is 9.18 Å². The van der Waals surface area contributed by atoms with Gasteiger partial charge in [-0.15, -0.1) is 0 Å². The molecule has 0 aliphatic carbocycles. The molecule has 7 heteroatoms. The predicted molar refractivity (Wildman–Crippen MR) is 99.9 cm³/mol. The first-order chi connectivity index (χ1) is 12.7. The molecule has 1 amide bonds. The molecular weight excluding hydrogens is 351 g/mol. The van der Waals surface area contributed by atoms with E-state index in [1.54, 1.807) is 34.0 Å². The molecule has 2 aromatic heterocycles. The summed E-state index contributed by atoms with van der Waals surface area (Å²) in [5, 5.41) is 4.73. The molecule has 0 atom stereocenters. The van der Waals surface area contributed by atoms with Gasteiger partial charge in [0.2, 0.25) is 0 Å². The van der Waals surface area contributed by atoms with Gasteiger partial charge in [-0.05, 0) is 36.4 Å². The van der Waals surface area contributed by atoms with Crippen LogP contribution in [-0.4, -0.2) is 27.2 Å². The number of benzene rings is 2. The van der Waals surface area contributed by atoms with Crippen LogP contribution in [0, 0.1) is 5.82 Å². The lowest BCUT2D eigenvalue weighted by Gasteiger charge is -2.20. The highest BCUT2D eigenvalue weighted by Crippen LogP contribution is 2.30. The van der Waals surface area contributed by atoms with Gasteiger partial charge in [-0.25, -0.2) is 9.37 Å². The Morgan fingerprint density at radius 2 is 2.00 bits per heavy atom. The van der Waals surface area contributed by atoms with Gasteiger partial charge in [-0.1, -0.05) is 29.5 Å². The topological polar surface area (TPSA) is 51.0 Å². The van der Waals surface area contributed by atoms with Gasteiger partial charge in [0.1, 0.15) is 5.82 Å². The second-order valence-electron chi connectivity index (χ2n) is 5.70. The van der Waals surface area contributed by atoms with Gasteiger partial charge >= 0.3 is 0 Å². The smallest absolute Gasteiger partial charge is 0.260 e.